The van der Waals surface area contributed by atoms with Gasteiger partial charge in [0.05, 0.1) is 0 Å². The monoisotopic (exact) mass is 277 g/mol. The van der Waals surface area contributed by atoms with Crippen LogP contribution in [0, 0.1) is 11.8 Å². The van der Waals surface area contributed by atoms with Gasteiger partial charge in [-0.3, -0.25) is 4.98 Å². The molecule has 0 aliphatic carbocycles. The Morgan fingerprint density at radius 3 is 2.60 bits per heavy atom. The predicted octanol–water partition coefficient (Wildman–Crippen LogP) is 3.70. The van der Waals surface area contributed by atoms with E-state index < -0.39 is 0 Å². The molecule has 0 fully saturated rings. The van der Waals surface area contributed by atoms with Crippen molar-refractivity contribution in [3.8, 4) is 0 Å². The van der Waals surface area contributed by atoms with Gasteiger partial charge in [0.1, 0.15) is 0 Å². The second-order valence-electron chi connectivity index (χ2n) is 6.08. The van der Waals surface area contributed by atoms with Crippen LogP contribution in [0.5, 0.6) is 0 Å². The SMILES string of the molecule is CCC(C)CN(CC)c1ccncc1CNCC(C)C. The number of aromatic nitrogens is 1. The van der Waals surface area contributed by atoms with Crippen LogP contribution < -0.4 is 10.2 Å². The minimum absolute atomic E-state index is 0.678. The van der Waals surface area contributed by atoms with Gasteiger partial charge in [-0.05, 0) is 31.4 Å². The third kappa shape index (κ3) is 5.49. The first-order valence-electron chi connectivity index (χ1n) is 7.96. The van der Waals surface area contributed by atoms with Crippen LogP contribution in [0.1, 0.15) is 46.6 Å². The fourth-order valence-electron chi connectivity index (χ4n) is 2.26. The molecule has 1 rings (SSSR count). The Morgan fingerprint density at radius 2 is 2.00 bits per heavy atom. The molecule has 0 bridgehead atoms. The minimum Gasteiger partial charge on any atom is -0.371 e. The van der Waals surface area contributed by atoms with E-state index in [4.69, 9.17) is 0 Å². The van der Waals surface area contributed by atoms with Crippen LogP contribution in [0.15, 0.2) is 18.5 Å². The summed E-state index contributed by atoms with van der Waals surface area (Å²) in [4.78, 5) is 6.77. The smallest absolute Gasteiger partial charge is 0.0442 e. The highest BCUT2D eigenvalue weighted by Crippen LogP contribution is 2.21. The van der Waals surface area contributed by atoms with Gasteiger partial charge in [0.25, 0.3) is 0 Å². The van der Waals surface area contributed by atoms with Gasteiger partial charge in [0.2, 0.25) is 0 Å². The lowest BCUT2D eigenvalue weighted by atomic mass is 10.1. The molecule has 114 valence electrons. The number of hydrogen-bond donors (Lipinski definition) is 1. The van der Waals surface area contributed by atoms with E-state index in [9.17, 15) is 0 Å². The molecule has 1 unspecified atom stereocenters. The highest BCUT2D eigenvalue weighted by molar-refractivity contribution is 5.52. The van der Waals surface area contributed by atoms with Gasteiger partial charge in [0, 0.05) is 43.3 Å². The highest BCUT2D eigenvalue weighted by atomic mass is 15.1. The first kappa shape index (κ1) is 17.0. The Labute approximate surface area is 124 Å². The maximum Gasteiger partial charge on any atom is 0.0442 e. The van der Waals surface area contributed by atoms with Crippen LogP contribution >= 0.6 is 0 Å². The average Bonchev–Trinajstić information content (AvgIpc) is 2.44. The van der Waals surface area contributed by atoms with Crippen LogP contribution in [0.2, 0.25) is 0 Å². The number of nitrogens with zero attached hydrogens (tertiary/aromatic N) is 2. The predicted molar refractivity (Wildman–Crippen MR) is 88.1 cm³/mol. The van der Waals surface area contributed by atoms with Crippen molar-refractivity contribution in [1.29, 1.82) is 0 Å². The lowest BCUT2D eigenvalue weighted by Crippen LogP contribution is -2.30. The average molecular weight is 277 g/mol. The van der Waals surface area contributed by atoms with Crippen LogP contribution in [-0.2, 0) is 6.54 Å². The second-order valence-corrected chi connectivity index (χ2v) is 6.08. The third-order valence-electron chi connectivity index (χ3n) is 3.70. The lowest BCUT2D eigenvalue weighted by Gasteiger charge is -2.28. The van der Waals surface area contributed by atoms with Gasteiger partial charge in [0.15, 0.2) is 0 Å². The normalized spacial score (nSPS) is 12.7. The van der Waals surface area contributed by atoms with Crippen molar-refractivity contribution in [1.82, 2.24) is 10.3 Å². The summed E-state index contributed by atoms with van der Waals surface area (Å²) < 4.78 is 0. The maximum atomic E-state index is 4.29. The van der Waals surface area contributed by atoms with Crippen LogP contribution in [0.4, 0.5) is 5.69 Å². The van der Waals surface area contributed by atoms with Crippen molar-refractivity contribution in [2.75, 3.05) is 24.5 Å². The molecule has 0 saturated heterocycles. The molecule has 1 N–H and O–H groups in total. The molecular weight excluding hydrogens is 246 g/mol. The minimum atomic E-state index is 0.678. The molecule has 0 aliphatic rings. The maximum absolute atomic E-state index is 4.29. The summed E-state index contributed by atoms with van der Waals surface area (Å²) in [5, 5.41) is 3.52. The van der Waals surface area contributed by atoms with Gasteiger partial charge in [-0.1, -0.05) is 34.1 Å². The Hall–Kier alpha value is -1.09. The largest absolute Gasteiger partial charge is 0.371 e. The number of hydrogen-bond acceptors (Lipinski definition) is 3. The fourth-order valence-corrected chi connectivity index (χ4v) is 2.26. The quantitative estimate of drug-likeness (QED) is 0.746. The van der Waals surface area contributed by atoms with Gasteiger partial charge in [-0.15, -0.1) is 0 Å². The zero-order valence-corrected chi connectivity index (χ0v) is 13.8. The van der Waals surface area contributed by atoms with E-state index in [-0.39, 0.29) is 0 Å². The van der Waals surface area contributed by atoms with Gasteiger partial charge in [-0.2, -0.15) is 0 Å². The van der Waals surface area contributed by atoms with E-state index in [0.29, 0.717) is 5.92 Å². The van der Waals surface area contributed by atoms with Gasteiger partial charge < -0.3 is 10.2 Å². The Morgan fingerprint density at radius 1 is 1.25 bits per heavy atom. The molecule has 0 aromatic carbocycles. The summed E-state index contributed by atoms with van der Waals surface area (Å²) in [6, 6.07) is 2.15. The first-order chi connectivity index (χ1) is 9.58. The fraction of sp³-hybridized carbons (Fsp3) is 0.706. The van der Waals surface area contributed by atoms with Crippen LogP contribution in [0.3, 0.4) is 0 Å². The molecule has 20 heavy (non-hydrogen) atoms. The summed E-state index contributed by atoms with van der Waals surface area (Å²) in [6.07, 6.45) is 5.13. The van der Waals surface area contributed by atoms with E-state index in [0.717, 1.165) is 32.1 Å². The highest BCUT2D eigenvalue weighted by Gasteiger charge is 2.12. The zero-order chi connectivity index (χ0) is 15.0. The first-order valence-corrected chi connectivity index (χ1v) is 7.96. The van der Waals surface area contributed by atoms with Gasteiger partial charge in [-0.25, -0.2) is 0 Å². The number of anilines is 1. The second kappa shape index (κ2) is 8.96. The van der Waals surface area contributed by atoms with Crippen molar-refractivity contribution in [3.05, 3.63) is 24.0 Å². The van der Waals surface area contributed by atoms with Crippen molar-refractivity contribution in [2.45, 2.75) is 47.6 Å². The molecule has 0 spiro atoms. The standard InChI is InChI=1S/C17H31N3/c1-6-15(5)13-20(7-2)17-8-9-18-11-16(17)12-19-10-14(3)4/h8-9,11,14-15,19H,6-7,10,12-13H2,1-5H3. The Balaban J connectivity index is 2.76. The van der Waals surface area contributed by atoms with Crippen LogP contribution in [-0.4, -0.2) is 24.6 Å². The van der Waals surface area contributed by atoms with E-state index in [1.165, 1.54) is 17.7 Å². The molecule has 0 radical (unpaired) electrons. The molecule has 1 heterocycles. The molecule has 0 saturated carbocycles. The number of rotatable bonds is 9. The molecule has 1 aromatic heterocycles. The van der Waals surface area contributed by atoms with E-state index in [1.807, 2.05) is 12.4 Å². The molecule has 1 aromatic rings. The van der Waals surface area contributed by atoms with E-state index >= 15 is 0 Å². The van der Waals surface area contributed by atoms with E-state index in [1.54, 1.807) is 0 Å². The summed E-state index contributed by atoms with van der Waals surface area (Å²) >= 11 is 0. The molecule has 0 amide bonds. The topological polar surface area (TPSA) is 28.2 Å². The zero-order valence-electron chi connectivity index (χ0n) is 13.8. The van der Waals surface area contributed by atoms with E-state index in [2.05, 4.69) is 55.9 Å². The summed E-state index contributed by atoms with van der Waals surface area (Å²) in [5.74, 6) is 1.40. The molecule has 3 nitrogen and oxygen atoms in total. The van der Waals surface area contributed by atoms with Crippen molar-refractivity contribution >= 4 is 5.69 Å². The Bertz CT molecular complexity index is 376. The lowest BCUT2D eigenvalue weighted by molar-refractivity contribution is 0.539. The van der Waals surface area contributed by atoms with Crippen molar-refractivity contribution in [2.24, 2.45) is 11.8 Å². The number of nitrogens with one attached hydrogen (secondary N) is 1. The summed E-state index contributed by atoms with van der Waals surface area (Å²) in [7, 11) is 0. The van der Waals surface area contributed by atoms with Crippen LogP contribution in [0.25, 0.3) is 0 Å². The molecule has 3 heteroatoms. The van der Waals surface area contributed by atoms with Crippen molar-refractivity contribution in [3.63, 3.8) is 0 Å². The van der Waals surface area contributed by atoms with Gasteiger partial charge >= 0.3 is 0 Å². The molecular formula is C17H31N3. The summed E-state index contributed by atoms with van der Waals surface area (Å²) in [5.41, 5.74) is 2.64. The van der Waals surface area contributed by atoms with Crippen molar-refractivity contribution < 1.29 is 0 Å². The number of pyridine rings is 1. The Kier molecular flexibility index (Phi) is 7.60. The molecule has 1 atom stereocenters. The summed E-state index contributed by atoms with van der Waals surface area (Å²) in [6.45, 7) is 15.4. The molecule has 0 aliphatic heterocycles. The third-order valence-corrected chi connectivity index (χ3v) is 3.70.